The average molecular weight is 168 g/mol. The second-order valence-electron chi connectivity index (χ2n) is 2.33. The number of hydrogen-bond donors (Lipinski definition) is 3. The number of nitrogens with one attached hydrogen (secondary N) is 1. The van der Waals surface area contributed by atoms with Gasteiger partial charge in [-0.1, -0.05) is 23.4 Å². The molecule has 11 heavy (non-hydrogen) atoms. The zero-order chi connectivity index (χ0) is 7.84. The Bertz CT molecular complexity index is 313. The first-order valence-corrected chi connectivity index (χ1v) is 4.65. The van der Waals surface area contributed by atoms with Gasteiger partial charge in [0.2, 0.25) is 0 Å². The topological polar surface area (TPSA) is 55.1 Å². The van der Waals surface area contributed by atoms with E-state index in [0.717, 1.165) is 10.5 Å². The van der Waals surface area contributed by atoms with Gasteiger partial charge in [0.15, 0.2) is 0 Å². The molecule has 3 N–H and O–H groups in total. The highest BCUT2D eigenvalue weighted by molar-refractivity contribution is 8.14. The maximum Gasteiger partial charge on any atom is 0.262 e. The first kappa shape index (κ1) is 6.69. The van der Waals surface area contributed by atoms with E-state index in [0.29, 0.717) is 0 Å². The third kappa shape index (κ3) is 0.911. The molecule has 1 aromatic rings. The standard InChI is InChI=1S/C7H8N2OS/c8-11-6-4-2-1-3-5(6)7(10)9-11/h1-4,11H,8H2,(H,9,10). The largest absolute Gasteiger partial charge is 0.301 e. The first-order valence-electron chi connectivity index (χ1n) is 3.24. The minimum atomic E-state index is -0.920. The number of hydrogen-bond acceptors (Lipinski definition) is 2. The van der Waals surface area contributed by atoms with Gasteiger partial charge in [0.25, 0.3) is 5.91 Å². The Labute approximate surface area is 67.2 Å². The van der Waals surface area contributed by atoms with Gasteiger partial charge < -0.3 is 4.72 Å². The van der Waals surface area contributed by atoms with Crippen LogP contribution in [0.2, 0.25) is 0 Å². The van der Waals surface area contributed by atoms with Crippen molar-refractivity contribution < 1.29 is 4.79 Å². The summed E-state index contributed by atoms with van der Waals surface area (Å²) < 4.78 is 2.69. The molecular formula is C7H8N2OS. The van der Waals surface area contributed by atoms with Crippen molar-refractivity contribution in [3.8, 4) is 0 Å². The molecule has 0 saturated heterocycles. The molecule has 0 fully saturated rings. The van der Waals surface area contributed by atoms with E-state index in [-0.39, 0.29) is 5.91 Å². The Kier molecular flexibility index (Phi) is 1.37. The Hall–Kier alpha value is -1.00. The summed E-state index contributed by atoms with van der Waals surface area (Å²) >= 11 is -0.920. The fraction of sp³-hybridized carbons (Fsp3) is 0. The van der Waals surface area contributed by atoms with Crippen LogP contribution in [0.1, 0.15) is 10.4 Å². The minimum Gasteiger partial charge on any atom is -0.301 e. The highest BCUT2D eigenvalue weighted by Gasteiger charge is 2.21. The van der Waals surface area contributed by atoms with Gasteiger partial charge in [-0.15, -0.1) is 0 Å². The van der Waals surface area contributed by atoms with Gasteiger partial charge in [-0.3, -0.25) is 9.93 Å². The van der Waals surface area contributed by atoms with Crippen LogP contribution in [0, 0.1) is 0 Å². The van der Waals surface area contributed by atoms with Crippen molar-refractivity contribution in [3.05, 3.63) is 29.8 Å². The summed E-state index contributed by atoms with van der Waals surface area (Å²) in [5.41, 5.74) is 0.723. The molecule has 1 aromatic carbocycles. The summed E-state index contributed by atoms with van der Waals surface area (Å²) in [4.78, 5) is 12.1. The summed E-state index contributed by atoms with van der Waals surface area (Å²) in [7, 11) is 0. The molecule has 4 heteroatoms. The molecule has 0 aliphatic carbocycles. The number of nitrogens with two attached hydrogens (primary N) is 1. The van der Waals surface area contributed by atoms with Gasteiger partial charge in [0.05, 0.1) is 5.56 Å². The highest BCUT2D eigenvalue weighted by Crippen LogP contribution is 2.33. The van der Waals surface area contributed by atoms with Crippen molar-refractivity contribution in [3.63, 3.8) is 0 Å². The number of carbonyl (C=O) groups is 1. The summed E-state index contributed by atoms with van der Waals surface area (Å²) in [6, 6.07) is 7.41. The summed E-state index contributed by atoms with van der Waals surface area (Å²) in [6.45, 7) is 0. The van der Waals surface area contributed by atoms with Crippen molar-refractivity contribution in [2.24, 2.45) is 5.14 Å². The number of rotatable bonds is 0. The van der Waals surface area contributed by atoms with E-state index in [2.05, 4.69) is 4.72 Å². The lowest BCUT2D eigenvalue weighted by Crippen LogP contribution is -2.14. The molecule has 1 unspecified atom stereocenters. The maximum atomic E-state index is 11.1. The number of fused-ring (bicyclic) bond motifs is 1. The predicted molar refractivity (Wildman–Crippen MR) is 45.3 cm³/mol. The minimum absolute atomic E-state index is 0.0470. The molecule has 0 aromatic heterocycles. The first-order chi connectivity index (χ1) is 5.29. The Morgan fingerprint density at radius 2 is 2.09 bits per heavy atom. The van der Waals surface area contributed by atoms with Gasteiger partial charge in [-0.25, -0.2) is 0 Å². The van der Waals surface area contributed by atoms with Gasteiger partial charge in [-0.05, 0) is 12.1 Å². The van der Waals surface area contributed by atoms with Crippen LogP contribution in [0.15, 0.2) is 29.2 Å². The number of thiol groups is 1. The highest BCUT2D eigenvalue weighted by atomic mass is 32.2. The smallest absolute Gasteiger partial charge is 0.262 e. The average Bonchev–Trinajstić information content (AvgIpc) is 2.30. The molecule has 0 bridgehead atoms. The molecule has 3 nitrogen and oxygen atoms in total. The molecular weight excluding hydrogens is 160 g/mol. The van der Waals surface area contributed by atoms with E-state index < -0.39 is 11.3 Å². The predicted octanol–water partition coefficient (Wildman–Crippen LogP) is 0.579. The third-order valence-corrected chi connectivity index (χ3v) is 2.98. The van der Waals surface area contributed by atoms with Crippen LogP contribution < -0.4 is 9.86 Å². The molecule has 1 atom stereocenters. The lowest BCUT2D eigenvalue weighted by Gasteiger charge is -2.06. The van der Waals surface area contributed by atoms with Crippen LogP contribution in [0.4, 0.5) is 0 Å². The van der Waals surface area contributed by atoms with Crippen LogP contribution in [0.5, 0.6) is 0 Å². The normalized spacial score (nSPS) is 24.5. The van der Waals surface area contributed by atoms with Crippen LogP contribution in [0.25, 0.3) is 0 Å². The SMILES string of the molecule is N[SH]1NC(=O)c2ccccc21. The molecule has 1 aliphatic heterocycles. The second-order valence-corrected chi connectivity index (χ2v) is 3.77. The van der Waals surface area contributed by atoms with Crippen molar-refractivity contribution in [2.45, 2.75) is 4.90 Å². The molecule has 1 aliphatic rings. The zero-order valence-electron chi connectivity index (χ0n) is 5.74. The van der Waals surface area contributed by atoms with Gasteiger partial charge in [0, 0.05) is 4.90 Å². The van der Waals surface area contributed by atoms with Crippen molar-refractivity contribution in [1.82, 2.24) is 4.72 Å². The molecule has 58 valence electrons. The Morgan fingerprint density at radius 1 is 1.36 bits per heavy atom. The number of amides is 1. The van der Waals surface area contributed by atoms with E-state index in [1.54, 1.807) is 6.07 Å². The molecule has 0 spiro atoms. The van der Waals surface area contributed by atoms with Crippen LogP contribution in [0.3, 0.4) is 0 Å². The van der Waals surface area contributed by atoms with Gasteiger partial charge in [0.1, 0.15) is 0 Å². The number of benzene rings is 1. The fourth-order valence-electron chi connectivity index (χ4n) is 1.11. The van der Waals surface area contributed by atoms with Crippen LogP contribution in [-0.4, -0.2) is 5.91 Å². The fourth-order valence-corrected chi connectivity index (χ4v) is 2.25. The second kappa shape index (κ2) is 2.25. The van der Waals surface area contributed by atoms with E-state index >= 15 is 0 Å². The van der Waals surface area contributed by atoms with E-state index in [1.165, 1.54) is 0 Å². The van der Waals surface area contributed by atoms with E-state index in [9.17, 15) is 4.79 Å². The lowest BCUT2D eigenvalue weighted by atomic mass is 10.2. The van der Waals surface area contributed by atoms with Gasteiger partial charge >= 0.3 is 0 Å². The Balaban J connectivity index is 2.60. The molecule has 1 amide bonds. The number of carbonyl (C=O) groups excluding carboxylic acids is 1. The third-order valence-electron chi connectivity index (χ3n) is 1.63. The molecule has 2 rings (SSSR count). The molecule has 0 saturated carbocycles. The monoisotopic (exact) mass is 168 g/mol. The van der Waals surface area contributed by atoms with E-state index in [4.69, 9.17) is 5.14 Å². The Morgan fingerprint density at radius 3 is 2.82 bits per heavy atom. The summed E-state index contributed by atoms with van der Waals surface area (Å²) in [6.07, 6.45) is 0. The quantitative estimate of drug-likeness (QED) is 0.496. The van der Waals surface area contributed by atoms with E-state index in [1.807, 2.05) is 18.2 Å². The molecule has 0 radical (unpaired) electrons. The van der Waals surface area contributed by atoms with Crippen molar-refractivity contribution in [1.29, 1.82) is 0 Å². The van der Waals surface area contributed by atoms with Crippen molar-refractivity contribution >= 4 is 17.2 Å². The van der Waals surface area contributed by atoms with Crippen molar-refractivity contribution in [2.75, 3.05) is 0 Å². The maximum absolute atomic E-state index is 11.1. The van der Waals surface area contributed by atoms with Gasteiger partial charge in [-0.2, -0.15) is 0 Å². The lowest BCUT2D eigenvalue weighted by molar-refractivity contribution is 0.0986. The van der Waals surface area contributed by atoms with Crippen LogP contribution in [-0.2, 0) is 0 Å². The zero-order valence-corrected chi connectivity index (χ0v) is 6.64. The summed E-state index contributed by atoms with van der Waals surface area (Å²) in [5, 5.41) is 5.67. The molecule has 1 heterocycles. The van der Waals surface area contributed by atoms with Crippen LogP contribution >= 0.6 is 11.3 Å². The summed E-state index contributed by atoms with van der Waals surface area (Å²) in [5.74, 6) is -0.0470.